The number of hydrogen-bond acceptors (Lipinski definition) is 4. The molecule has 0 radical (unpaired) electrons. The number of aromatic amines is 1. The Labute approximate surface area is 154 Å². The van der Waals surface area contributed by atoms with E-state index in [-0.39, 0.29) is 17.7 Å². The van der Waals surface area contributed by atoms with Gasteiger partial charge in [0, 0.05) is 23.4 Å². The van der Waals surface area contributed by atoms with Crippen LogP contribution in [0, 0.1) is 0 Å². The molecule has 0 spiro atoms. The molecular weight excluding hydrogens is 359 g/mol. The average molecular weight is 379 g/mol. The summed E-state index contributed by atoms with van der Waals surface area (Å²) in [4.78, 5) is 12.7. The lowest BCUT2D eigenvalue weighted by Crippen LogP contribution is -2.26. The van der Waals surface area contributed by atoms with Crippen LogP contribution in [0.5, 0.6) is 0 Å². The molecule has 1 aromatic heterocycles. The second kappa shape index (κ2) is 7.46. The fraction of sp³-hybridized carbons (Fsp3) is 0.368. The first-order chi connectivity index (χ1) is 12.9. The lowest BCUT2D eigenvalue weighted by Gasteiger charge is -2.30. The minimum Gasteiger partial charge on any atom is -0.463 e. The molecule has 2 heterocycles. The number of alkyl halides is 3. The van der Waals surface area contributed by atoms with Crippen molar-refractivity contribution in [3.05, 3.63) is 58.4 Å². The highest BCUT2D eigenvalue weighted by Gasteiger charge is 2.41. The number of aromatic nitrogens is 2. The number of halogens is 3. The highest BCUT2D eigenvalue weighted by Crippen LogP contribution is 2.46. The number of rotatable bonds is 5. The number of esters is 1. The number of hydrogen-bond donors (Lipinski definition) is 2. The first-order valence-corrected chi connectivity index (χ1v) is 8.75. The van der Waals surface area contributed by atoms with Crippen molar-refractivity contribution >= 4 is 11.8 Å². The number of allylic oxidation sites excluding steroid dienone is 1. The predicted octanol–water partition coefficient (Wildman–Crippen LogP) is 4.60. The molecule has 1 aromatic carbocycles. The van der Waals surface area contributed by atoms with Gasteiger partial charge in [-0.1, -0.05) is 31.5 Å². The Morgan fingerprint density at radius 1 is 1.22 bits per heavy atom. The Balaban J connectivity index is 2.26. The van der Waals surface area contributed by atoms with E-state index in [2.05, 4.69) is 15.5 Å². The summed E-state index contributed by atoms with van der Waals surface area (Å²) in [5.41, 5.74) is 0.448. The summed E-state index contributed by atoms with van der Waals surface area (Å²) < 4.78 is 46.1. The SMILES string of the molecule is CCCC1=C(C(=O)OCC)C(c2ccccc2C(F)(F)F)c2c[nH]nc2N1. The van der Waals surface area contributed by atoms with E-state index in [1.165, 1.54) is 24.4 Å². The fourth-order valence-corrected chi connectivity index (χ4v) is 3.39. The van der Waals surface area contributed by atoms with Gasteiger partial charge in [-0.2, -0.15) is 18.3 Å². The summed E-state index contributed by atoms with van der Waals surface area (Å²) in [7, 11) is 0. The van der Waals surface area contributed by atoms with E-state index in [1.807, 2.05) is 6.92 Å². The molecule has 1 atom stereocenters. The quantitative estimate of drug-likeness (QED) is 0.745. The van der Waals surface area contributed by atoms with Crippen LogP contribution in [0.1, 0.15) is 49.3 Å². The molecule has 1 aliphatic heterocycles. The molecule has 1 unspecified atom stereocenters. The number of H-pyrrole nitrogens is 1. The van der Waals surface area contributed by atoms with E-state index in [1.54, 1.807) is 6.92 Å². The van der Waals surface area contributed by atoms with Gasteiger partial charge in [0.25, 0.3) is 0 Å². The molecule has 2 N–H and O–H groups in total. The van der Waals surface area contributed by atoms with Gasteiger partial charge in [0.05, 0.1) is 17.7 Å². The number of benzene rings is 1. The summed E-state index contributed by atoms with van der Waals surface area (Å²) in [5, 5.41) is 9.85. The van der Waals surface area contributed by atoms with E-state index in [4.69, 9.17) is 4.74 Å². The molecule has 0 aliphatic carbocycles. The molecule has 0 saturated carbocycles. The van der Waals surface area contributed by atoms with Crippen LogP contribution < -0.4 is 5.32 Å². The largest absolute Gasteiger partial charge is 0.463 e. The van der Waals surface area contributed by atoms with E-state index < -0.39 is 23.6 Å². The second-order valence-electron chi connectivity index (χ2n) is 6.19. The number of carbonyl (C=O) groups is 1. The van der Waals surface area contributed by atoms with Crippen molar-refractivity contribution in [1.29, 1.82) is 0 Å². The van der Waals surface area contributed by atoms with Gasteiger partial charge >= 0.3 is 12.1 Å². The first-order valence-electron chi connectivity index (χ1n) is 8.75. The molecule has 144 valence electrons. The molecule has 1 aliphatic rings. The zero-order valence-corrected chi connectivity index (χ0v) is 15.0. The van der Waals surface area contributed by atoms with Gasteiger partial charge in [0.1, 0.15) is 0 Å². The Kier molecular flexibility index (Phi) is 5.25. The van der Waals surface area contributed by atoms with E-state index >= 15 is 0 Å². The molecule has 27 heavy (non-hydrogen) atoms. The number of fused-ring (bicyclic) bond motifs is 1. The Hall–Kier alpha value is -2.77. The third-order valence-corrected chi connectivity index (χ3v) is 4.44. The number of nitrogens with one attached hydrogen (secondary N) is 2. The summed E-state index contributed by atoms with van der Waals surface area (Å²) >= 11 is 0. The summed E-state index contributed by atoms with van der Waals surface area (Å²) in [6.07, 6.45) is -1.83. The molecule has 0 fully saturated rings. The number of anilines is 1. The predicted molar refractivity (Wildman–Crippen MR) is 94.1 cm³/mol. The van der Waals surface area contributed by atoms with Crippen LogP contribution in [0.4, 0.5) is 19.0 Å². The monoisotopic (exact) mass is 379 g/mol. The van der Waals surface area contributed by atoms with Crippen LogP contribution in [0.3, 0.4) is 0 Å². The van der Waals surface area contributed by atoms with Gasteiger partial charge in [0.15, 0.2) is 5.82 Å². The van der Waals surface area contributed by atoms with Crippen molar-refractivity contribution < 1.29 is 22.7 Å². The third-order valence-electron chi connectivity index (χ3n) is 4.44. The summed E-state index contributed by atoms with van der Waals surface area (Å²) in [6, 6.07) is 5.30. The zero-order chi connectivity index (χ0) is 19.6. The van der Waals surface area contributed by atoms with Crippen LogP contribution in [-0.4, -0.2) is 22.8 Å². The van der Waals surface area contributed by atoms with E-state index in [0.717, 1.165) is 6.07 Å². The number of carbonyl (C=O) groups excluding carboxylic acids is 1. The van der Waals surface area contributed by atoms with Gasteiger partial charge in [-0.15, -0.1) is 0 Å². The number of ether oxygens (including phenoxy) is 1. The standard InChI is InChI=1S/C19H20F3N3O2/c1-3-7-14-16(18(26)27-4-2)15(12-10-23-25-17(12)24-14)11-8-5-6-9-13(11)19(20,21)22/h5-6,8-10,15H,3-4,7H2,1-2H3,(H2,23,24,25). The molecule has 5 nitrogen and oxygen atoms in total. The maximum Gasteiger partial charge on any atom is 0.416 e. The normalized spacial score (nSPS) is 16.7. The average Bonchev–Trinajstić information content (AvgIpc) is 3.08. The molecule has 0 bridgehead atoms. The van der Waals surface area contributed by atoms with Gasteiger partial charge in [-0.25, -0.2) is 4.79 Å². The van der Waals surface area contributed by atoms with Crippen LogP contribution >= 0.6 is 0 Å². The third kappa shape index (κ3) is 3.56. The fourth-order valence-electron chi connectivity index (χ4n) is 3.39. The molecule has 8 heteroatoms. The van der Waals surface area contributed by atoms with Gasteiger partial charge in [-0.05, 0) is 25.0 Å². The van der Waals surface area contributed by atoms with E-state index in [0.29, 0.717) is 29.9 Å². The molecular formula is C19H20F3N3O2. The first kappa shape index (κ1) is 19.0. The van der Waals surface area contributed by atoms with Crippen molar-refractivity contribution in [2.24, 2.45) is 0 Å². The Morgan fingerprint density at radius 2 is 1.96 bits per heavy atom. The molecule has 0 saturated heterocycles. The highest BCUT2D eigenvalue weighted by atomic mass is 19.4. The lowest BCUT2D eigenvalue weighted by molar-refractivity contribution is -0.140. The minimum atomic E-state index is -4.55. The number of nitrogens with zero attached hydrogens (tertiary/aromatic N) is 1. The van der Waals surface area contributed by atoms with Crippen molar-refractivity contribution in [1.82, 2.24) is 10.2 Å². The van der Waals surface area contributed by atoms with Crippen LogP contribution in [0.25, 0.3) is 0 Å². The Morgan fingerprint density at radius 3 is 2.63 bits per heavy atom. The molecule has 2 aromatic rings. The highest BCUT2D eigenvalue weighted by molar-refractivity contribution is 5.94. The second-order valence-corrected chi connectivity index (χ2v) is 6.19. The van der Waals surface area contributed by atoms with Crippen molar-refractivity contribution in [3.8, 4) is 0 Å². The van der Waals surface area contributed by atoms with Gasteiger partial charge < -0.3 is 10.1 Å². The van der Waals surface area contributed by atoms with Gasteiger partial charge in [-0.3, -0.25) is 5.10 Å². The summed E-state index contributed by atoms with van der Waals surface area (Å²) in [6.45, 7) is 3.72. The van der Waals surface area contributed by atoms with Crippen LogP contribution in [0.2, 0.25) is 0 Å². The zero-order valence-electron chi connectivity index (χ0n) is 15.0. The smallest absolute Gasteiger partial charge is 0.416 e. The van der Waals surface area contributed by atoms with Crippen LogP contribution in [-0.2, 0) is 15.7 Å². The summed E-state index contributed by atoms with van der Waals surface area (Å²) in [5.74, 6) is -1.12. The minimum absolute atomic E-state index is 0.00538. The van der Waals surface area contributed by atoms with Crippen molar-refractivity contribution in [2.45, 2.75) is 38.8 Å². The topological polar surface area (TPSA) is 67.0 Å². The Bertz CT molecular complexity index is 871. The van der Waals surface area contributed by atoms with Crippen molar-refractivity contribution in [3.63, 3.8) is 0 Å². The maximum absolute atomic E-state index is 13.7. The maximum atomic E-state index is 13.7. The van der Waals surface area contributed by atoms with Crippen LogP contribution in [0.15, 0.2) is 41.7 Å². The van der Waals surface area contributed by atoms with E-state index in [9.17, 15) is 18.0 Å². The molecule has 0 amide bonds. The van der Waals surface area contributed by atoms with Gasteiger partial charge in [0.2, 0.25) is 0 Å². The lowest BCUT2D eigenvalue weighted by atomic mass is 9.80. The van der Waals surface area contributed by atoms with Crippen molar-refractivity contribution in [2.75, 3.05) is 11.9 Å². The molecule has 3 rings (SSSR count).